The third-order valence-electron chi connectivity index (χ3n) is 4.75. The Morgan fingerprint density at radius 1 is 1.26 bits per heavy atom. The second-order valence-corrected chi connectivity index (χ2v) is 6.85. The SMILES string of the molecule is CC(=O)Nc1ccc(N2CCC(N3CCC(F)C3)CC2)c(Cl)c1. The van der Waals surface area contributed by atoms with Crippen molar-refractivity contribution >= 4 is 28.9 Å². The van der Waals surface area contributed by atoms with E-state index in [0.29, 0.717) is 29.7 Å². The van der Waals surface area contributed by atoms with Crippen LogP contribution in [-0.4, -0.2) is 49.2 Å². The zero-order chi connectivity index (χ0) is 16.4. The van der Waals surface area contributed by atoms with E-state index in [0.717, 1.165) is 38.2 Å². The smallest absolute Gasteiger partial charge is 0.221 e. The van der Waals surface area contributed by atoms with E-state index in [1.165, 1.54) is 6.92 Å². The van der Waals surface area contributed by atoms with E-state index < -0.39 is 6.17 Å². The molecule has 1 N–H and O–H groups in total. The molecule has 0 spiro atoms. The largest absolute Gasteiger partial charge is 0.370 e. The molecule has 2 saturated heterocycles. The van der Waals surface area contributed by atoms with Crippen LogP contribution in [0.3, 0.4) is 0 Å². The zero-order valence-corrected chi connectivity index (χ0v) is 14.2. The average Bonchev–Trinajstić information content (AvgIpc) is 2.94. The van der Waals surface area contributed by atoms with Crippen LogP contribution in [0.5, 0.6) is 0 Å². The predicted octanol–water partition coefficient (Wildman–Crippen LogP) is 3.31. The molecule has 4 nitrogen and oxygen atoms in total. The van der Waals surface area contributed by atoms with Gasteiger partial charge in [-0.3, -0.25) is 9.69 Å². The molecule has 0 bridgehead atoms. The van der Waals surface area contributed by atoms with Gasteiger partial charge < -0.3 is 10.2 Å². The van der Waals surface area contributed by atoms with Gasteiger partial charge in [-0.2, -0.15) is 0 Å². The van der Waals surface area contributed by atoms with Crippen LogP contribution in [-0.2, 0) is 4.79 Å². The van der Waals surface area contributed by atoms with E-state index in [1.54, 1.807) is 6.07 Å². The highest BCUT2D eigenvalue weighted by molar-refractivity contribution is 6.33. The summed E-state index contributed by atoms with van der Waals surface area (Å²) in [6.07, 6.45) is 2.10. The predicted molar refractivity (Wildman–Crippen MR) is 92.1 cm³/mol. The van der Waals surface area contributed by atoms with Crippen molar-refractivity contribution < 1.29 is 9.18 Å². The first-order chi connectivity index (χ1) is 11.0. The molecular weight excluding hydrogens is 317 g/mol. The van der Waals surface area contributed by atoms with Gasteiger partial charge in [0, 0.05) is 44.8 Å². The lowest BCUT2D eigenvalue weighted by Gasteiger charge is -2.38. The molecule has 6 heteroatoms. The molecule has 23 heavy (non-hydrogen) atoms. The summed E-state index contributed by atoms with van der Waals surface area (Å²) < 4.78 is 13.4. The number of benzene rings is 1. The third kappa shape index (κ3) is 3.96. The minimum atomic E-state index is -0.649. The number of piperidine rings is 1. The first kappa shape index (κ1) is 16.5. The quantitative estimate of drug-likeness (QED) is 0.917. The molecule has 0 radical (unpaired) electrons. The van der Waals surface area contributed by atoms with Crippen molar-refractivity contribution in [1.82, 2.24) is 4.90 Å². The highest BCUT2D eigenvalue weighted by Crippen LogP contribution is 2.32. The van der Waals surface area contributed by atoms with Crippen molar-refractivity contribution in [3.05, 3.63) is 23.2 Å². The Labute approximate surface area is 141 Å². The molecule has 3 rings (SSSR count). The number of likely N-dealkylation sites (tertiary alicyclic amines) is 1. The van der Waals surface area contributed by atoms with E-state index >= 15 is 0 Å². The Balaban J connectivity index is 1.60. The Bertz CT molecular complexity index is 575. The lowest BCUT2D eigenvalue weighted by atomic mass is 10.0. The van der Waals surface area contributed by atoms with Crippen LogP contribution in [0.1, 0.15) is 26.2 Å². The number of nitrogens with one attached hydrogen (secondary N) is 1. The first-order valence-corrected chi connectivity index (χ1v) is 8.61. The fourth-order valence-electron chi connectivity index (χ4n) is 3.59. The van der Waals surface area contributed by atoms with Crippen LogP contribution in [0.25, 0.3) is 0 Å². The van der Waals surface area contributed by atoms with Crippen molar-refractivity contribution in [3.8, 4) is 0 Å². The molecular formula is C17H23ClFN3O. The minimum absolute atomic E-state index is 0.105. The monoisotopic (exact) mass is 339 g/mol. The van der Waals surface area contributed by atoms with E-state index in [4.69, 9.17) is 11.6 Å². The molecule has 2 heterocycles. The van der Waals surface area contributed by atoms with Gasteiger partial charge in [0.15, 0.2) is 0 Å². The van der Waals surface area contributed by atoms with Gasteiger partial charge in [0.1, 0.15) is 6.17 Å². The van der Waals surface area contributed by atoms with Gasteiger partial charge in [-0.25, -0.2) is 4.39 Å². The number of hydrogen-bond acceptors (Lipinski definition) is 3. The lowest BCUT2D eigenvalue weighted by molar-refractivity contribution is -0.114. The summed E-state index contributed by atoms with van der Waals surface area (Å²) in [6, 6.07) is 6.12. The second-order valence-electron chi connectivity index (χ2n) is 6.45. The highest BCUT2D eigenvalue weighted by Gasteiger charge is 2.30. The number of hydrogen-bond donors (Lipinski definition) is 1. The molecule has 2 aliphatic heterocycles. The fourth-order valence-corrected chi connectivity index (χ4v) is 3.89. The van der Waals surface area contributed by atoms with Gasteiger partial charge in [-0.1, -0.05) is 11.6 Å². The standard InChI is InChI=1S/C17H23ClFN3O/c1-12(23)20-14-2-3-17(16(18)10-14)21-8-5-15(6-9-21)22-7-4-13(19)11-22/h2-3,10,13,15H,4-9,11H2,1H3,(H,20,23). The van der Waals surface area contributed by atoms with Crippen LogP contribution in [0.4, 0.5) is 15.8 Å². The van der Waals surface area contributed by atoms with Crippen LogP contribution in [0.2, 0.25) is 5.02 Å². The molecule has 1 unspecified atom stereocenters. The number of carbonyl (C=O) groups is 1. The lowest BCUT2D eigenvalue weighted by Crippen LogP contribution is -2.44. The van der Waals surface area contributed by atoms with Crippen LogP contribution in [0, 0.1) is 0 Å². The summed E-state index contributed by atoms with van der Waals surface area (Å²) in [6.45, 7) is 4.82. The molecule has 1 amide bonds. The van der Waals surface area contributed by atoms with Crippen molar-refractivity contribution in [1.29, 1.82) is 0 Å². The van der Waals surface area contributed by atoms with Crippen LogP contribution >= 0.6 is 11.6 Å². The maximum absolute atomic E-state index is 13.4. The van der Waals surface area contributed by atoms with Crippen molar-refractivity contribution in [2.45, 2.75) is 38.4 Å². The number of rotatable bonds is 3. The normalized spacial score (nSPS) is 23.3. The number of anilines is 2. The Hall–Kier alpha value is -1.33. The fraction of sp³-hybridized carbons (Fsp3) is 0.588. The minimum Gasteiger partial charge on any atom is -0.370 e. The molecule has 1 aromatic rings. The molecule has 126 valence electrons. The summed E-state index contributed by atoms with van der Waals surface area (Å²) in [5.41, 5.74) is 1.72. The number of halogens is 2. The number of alkyl halides is 1. The molecule has 0 aromatic heterocycles. The van der Waals surface area contributed by atoms with Gasteiger partial charge in [0.05, 0.1) is 10.7 Å². The zero-order valence-electron chi connectivity index (χ0n) is 13.4. The van der Waals surface area contributed by atoms with Crippen molar-refractivity contribution in [2.75, 3.05) is 36.4 Å². The van der Waals surface area contributed by atoms with Gasteiger partial charge in [-0.05, 0) is 37.5 Å². The molecule has 2 aliphatic rings. The van der Waals surface area contributed by atoms with Crippen LogP contribution < -0.4 is 10.2 Å². The molecule has 0 aliphatic carbocycles. The molecule has 1 aromatic carbocycles. The Morgan fingerprint density at radius 2 is 2.00 bits per heavy atom. The third-order valence-corrected chi connectivity index (χ3v) is 5.05. The number of amides is 1. The van der Waals surface area contributed by atoms with Gasteiger partial charge >= 0.3 is 0 Å². The van der Waals surface area contributed by atoms with Gasteiger partial charge in [0.25, 0.3) is 0 Å². The van der Waals surface area contributed by atoms with Gasteiger partial charge in [0.2, 0.25) is 5.91 Å². The first-order valence-electron chi connectivity index (χ1n) is 8.23. The maximum Gasteiger partial charge on any atom is 0.221 e. The molecule has 1 atom stereocenters. The van der Waals surface area contributed by atoms with E-state index in [2.05, 4.69) is 15.1 Å². The van der Waals surface area contributed by atoms with E-state index in [-0.39, 0.29) is 5.91 Å². The summed E-state index contributed by atoms with van der Waals surface area (Å²) in [7, 11) is 0. The Morgan fingerprint density at radius 3 is 2.57 bits per heavy atom. The average molecular weight is 340 g/mol. The topological polar surface area (TPSA) is 35.6 Å². The van der Waals surface area contributed by atoms with E-state index in [9.17, 15) is 9.18 Å². The highest BCUT2D eigenvalue weighted by atomic mass is 35.5. The summed E-state index contributed by atoms with van der Waals surface area (Å²) in [5, 5.41) is 3.39. The number of nitrogens with zero attached hydrogens (tertiary/aromatic N) is 2. The van der Waals surface area contributed by atoms with Gasteiger partial charge in [-0.15, -0.1) is 0 Å². The van der Waals surface area contributed by atoms with Crippen molar-refractivity contribution in [3.63, 3.8) is 0 Å². The second kappa shape index (κ2) is 7.05. The van der Waals surface area contributed by atoms with Crippen molar-refractivity contribution in [2.24, 2.45) is 0 Å². The summed E-state index contributed by atoms with van der Waals surface area (Å²) in [5.74, 6) is -0.105. The van der Waals surface area contributed by atoms with E-state index in [1.807, 2.05) is 12.1 Å². The maximum atomic E-state index is 13.4. The number of carbonyl (C=O) groups excluding carboxylic acids is 1. The van der Waals surface area contributed by atoms with Crippen LogP contribution in [0.15, 0.2) is 18.2 Å². The summed E-state index contributed by atoms with van der Waals surface area (Å²) in [4.78, 5) is 15.7. The Kier molecular flexibility index (Phi) is 5.07. The summed E-state index contributed by atoms with van der Waals surface area (Å²) >= 11 is 6.38. The molecule has 2 fully saturated rings. The molecule has 0 saturated carbocycles.